The molecule has 72 heavy (non-hydrogen) atoms. The molecule has 18 N–H and O–H groups in total. The topological polar surface area (TPSA) is 362 Å². The molecular weight excluding hydrogens is 917 g/mol. The van der Waals surface area contributed by atoms with Crippen LogP contribution in [0.3, 0.4) is 0 Å². The highest BCUT2D eigenvalue weighted by atomic mass is 16.6. The number of ether oxygens (including phenoxy) is 1. The van der Waals surface area contributed by atoms with Gasteiger partial charge in [-0.15, -0.1) is 0 Å². The monoisotopic (exact) mass is 1010 g/mol. The third-order valence-corrected chi connectivity index (χ3v) is 16.7. The summed E-state index contributed by atoms with van der Waals surface area (Å²) in [6.45, 7) is 13.4. The van der Waals surface area contributed by atoms with Crippen molar-refractivity contribution >= 4 is 47.6 Å². The third-order valence-electron chi connectivity index (χ3n) is 16.7. The first-order chi connectivity index (χ1) is 34.1. The highest BCUT2D eigenvalue weighted by molar-refractivity contribution is 5.94. The fourth-order valence-electron chi connectivity index (χ4n) is 12.9. The number of aliphatic imine (C=N–C) groups is 3. The average Bonchev–Trinajstić information content (AvgIpc) is 3.67. The molecule has 0 aromatic rings. The van der Waals surface area contributed by atoms with Crippen molar-refractivity contribution in [1.29, 1.82) is 0 Å². The molecule has 3 saturated carbocycles. The highest BCUT2D eigenvalue weighted by Gasteiger charge is 2.59. The van der Waals surface area contributed by atoms with Crippen LogP contribution in [-0.4, -0.2) is 98.0 Å². The van der Waals surface area contributed by atoms with E-state index in [1.54, 1.807) is 0 Å². The Bertz CT molecular complexity index is 1910. The van der Waals surface area contributed by atoms with Gasteiger partial charge in [0.15, 0.2) is 17.9 Å². The van der Waals surface area contributed by atoms with Crippen LogP contribution in [0.4, 0.5) is 4.79 Å². The van der Waals surface area contributed by atoms with Crippen LogP contribution in [0.5, 0.6) is 0 Å². The maximum Gasteiger partial charge on any atom is 0.407 e. The zero-order valence-electron chi connectivity index (χ0n) is 44.4. The van der Waals surface area contributed by atoms with E-state index in [2.05, 4.69) is 76.9 Å². The van der Waals surface area contributed by atoms with Crippen molar-refractivity contribution in [3.8, 4) is 0 Å². The number of hydrogen-bond donors (Lipinski definition) is 11. The van der Waals surface area contributed by atoms with Crippen molar-refractivity contribution in [2.45, 2.75) is 194 Å². The van der Waals surface area contributed by atoms with Gasteiger partial charge >= 0.3 is 6.09 Å². The summed E-state index contributed by atoms with van der Waals surface area (Å²) in [4.78, 5) is 77.7. The number of nitrogens with one attached hydrogen (secondary N) is 4. The molecule has 0 radical (unpaired) electrons. The van der Waals surface area contributed by atoms with Crippen molar-refractivity contribution in [3.05, 3.63) is 11.6 Å². The molecule has 5 amide bonds. The lowest BCUT2D eigenvalue weighted by atomic mass is 9.47. The number of hydrogen-bond acceptors (Lipinski definition) is 9. The summed E-state index contributed by atoms with van der Waals surface area (Å²) in [6.07, 6.45) is 18.6. The number of rotatable bonds is 30. The summed E-state index contributed by atoms with van der Waals surface area (Å²) < 4.78 is 6.01. The Morgan fingerprint density at radius 3 is 1.82 bits per heavy atom. The molecule has 0 aliphatic heterocycles. The number of amides is 5. The lowest BCUT2D eigenvalue weighted by Gasteiger charge is -2.58. The van der Waals surface area contributed by atoms with Crippen LogP contribution in [0.25, 0.3) is 0 Å². The van der Waals surface area contributed by atoms with Crippen LogP contribution >= 0.6 is 0 Å². The van der Waals surface area contributed by atoms with Crippen LogP contribution in [-0.2, 0) is 23.9 Å². The first kappa shape index (κ1) is 59.3. The summed E-state index contributed by atoms with van der Waals surface area (Å²) in [5.74, 6) is 1.90. The lowest BCUT2D eigenvalue weighted by Crippen LogP contribution is -2.56. The number of nitrogens with zero attached hydrogens (tertiary/aromatic N) is 3. The zero-order valence-corrected chi connectivity index (χ0v) is 44.4. The van der Waals surface area contributed by atoms with Gasteiger partial charge in [-0.05, 0) is 143 Å². The summed E-state index contributed by atoms with van der Waals surface area (Å²) in [6, 6.07) is -3.24. The molecule has 408 valence electrons. The molecule has 0 saturated heterocycles. The largest absolute Gasteiger partial charge is 0.446 e. The second-order valence-electron chi connectivity index (χ2n) is 22.3. The maximum atomic E-state index is 13.8. The van der Waals surface area contributed by atoms with Gasteiger partial charge in [0.1, 0.15) is 24.2 Å². The second-order valence-corrected chi connectivity index (χ2v) is 22.3. The molecule has 0 bridgehead atoms. The van der Waals surface area contributed by atoms with Gasteiger partial charge in [0.25, 0.3) is 0 Å². The molecule has 11 atom stereocenters. The molecule has 3 fully saturated rings. The van der Waals surface area contributed by atoms with Gasteiger partial charge < -0.3 is 66.1 Å². The Morgan fingerprint density at radius 1 is 0.653 bits per heavy atom. The molecular formula is C52H94N14O6. The molecule has 20 nitrogen and oxygen atoms in total. The van der Waals surface area contributed by atoms with Gasteiger partial charge in [-0.2, -0.15) is 0 Å². The number of guanidine groups is 3. The first-order valence-electron chi connectivity index (χ1n) is 27.1. The minimum atomic E-state index is -1.13. The number of carbonyl (C=O) groups excluding carboxylic acids is 5. The van der Waals surface area contributed by atoms with Crippen LogP contribution in [0.1, 0.15) is 169 Å². The molecule has 0 heterocycles. The zero-order chi connectivity index (χ0) is 53.0. The maximum absolute atomic E-state index is 13.8. The van der Waals surface area contributed by atoms with Crippen LogP contribution < -0.4 is 61.4 Å². The van der Waals surface area contributed by atoms with E-state index in [1.165, 1.54) is 50.5 Å². The van der Waals surface area contributed by atoms with E-state index in [4.69, 9.17) is 44.9 Å². The van der Waals surface area contributed by atoms with Gasteiger partial charge in [0.05, 0.1) is 0 Å². The fraction of sp³-hybridized carbons (Fsp3) is 0.808. The normalized spacial score (nSPS) is 25.9. The van der Waals surface area contributed by atoms with Crippen LogP contribution in [0.15, 0.2) is 26.6 Å². The van der Waals surface area contributed by atoms with Crippen molar-refractivity contribution in [1.82, 2.24) is 21.3 Å². The van der Waals surface area contributed by atoms with Crippen molar-refractivity contribution < 1.29 is 28.7 Å². The summed E-state index contributed by atoms with van der Waals surface area (Å²) in [5, 5.41) is 11.1. The van der Waals surface area contributed by atoms with Crippen LogP contribution in [0, 0.1) is 46.3 Å². The predicted molar refractivity (Wildman–Crippen MR) is 285 cm³/mol. The van der Waals surface area contributed by atoms with Gasteiger partial charge in [0, 0.05) is 39.0 Å². The summed E-state index contributed by atoms with van der Waals surface area (Å²) in [5.41, 5.74) is 40.4. The minimum absolute atomic E-state index is 0.0991. The second kappa shape index (κ2) is 28.8. The van der Waals surface area contributed by atoms with E-state index in [1.807, 2.05) is 0 Å². The van der Waals surface area contributed by atoms with E-state index in [0.717, 1.165) is 55.3 Å². The van der Waals surface area contributed by atoms with Crippen molar-refractivity contribution in [3.63, 3.8) is 0 Å². The lowest BCUT2D eigenvalue weighted by molar-refractivity contribution is -0.133. The number of alkyl carbamates (subject to hydrolysis) is 1. The average molecular weight is 1010 g/mol. The van der Waals surface area contributed by atoms with E-state index in [-0.39, 0.29) is 80.6 Å². The molecule has 0 unspecified atom stereocenters. The Kier molecular flexibility index (Phi) is 23.7. The fourth-order valence-corrected chi connectivity index (χ4v) is 12.9. The Balaban J connectivity index is 1.23. The number of nitrogens with two attached hydrogens (primary N) is 7. The number of carbonyl (C=O) groups is 5. The SMILES string of the molecule is CC(C)CCC[C@@H](C)[C@H]1CC[C@H]2[C@@H]3CC=C4C[C@@H](OC(=O)NCCCCCC(=O)N[C@@H](CCCN=C(N)N)C(=O)N[C@@H](CCCN=C(N)N)C(=O)N[C@@H](CCCN=C(N)N)C(N)=O)CC[C@]4(C)[C@H]3CC[C@]12C. The summed E-state index contributed by atoms with van der Waals surface area (Å²) in [7, 11) is 0. The summed E-state index contributed by atoms with van der Waals surface area (Å²) >= 11 is 0. The molecule has 4 aliphatic carbocycles. The van der Waals surface area contributed by atoms with Gasteiger partial charge in [-0.3, -0.25) is 34.2 Å². The minimum Gasteiger partial charge on any atom is -0.446 e. The number of unbranched alkanes of at least 4 members (excludes halogenated alkanes) is 2. The molecule has 4 rings (SSSR count). The molecule has 4 aliphatic rings. The van der Waals surface area contributed by atoms with E-state index < -0.39 is 41.9 Å². The third kappa shape index (κ3) is 18.0. The standard InChI is InChI=1S/C52H94N14O6/c1-32(2)13-9-14-33(3)37-21-22-38-36-20-19-34-31-35(23-25-51(34,4)39(36)24-26-52(37,38)5)72-50(71)63-27-8-6-7-18-43(67)64-41(16-11-29-61-48(56)57)45(69)66-42(17-12-30-62-49(58)59)46(70)65-40(44(53)68)15-10-28-60-47(54)55/h19,32-33,35-42H,6-18,20-31H2,1-5H3,(H2,53,68)(H,63,71)(H,64,67)(H,65,70)(H,66,69)(H4,54,55,60)(H4,56,57,61)(H4,58,59,62)/t33-,35+,36+,37-,38+,39+,40+,41+,42+,51+,52-/m1/s1. The Hall–Kier alpha value is -5.30. The first-order valence-corrected chi connectivity index (χ1v) is 27.1. The smallest absolute Gasteiger partial charge is 0.407 e. The van der Waals surface area contributed by atoms with Crippen molar-refractivity contribution in [2.75, 3.05) is 26.2 Å². The number of primary amides is 1. The quantitative estimate of drug-likeness (QED) is 0.0212. The van der Waals surface area contributed by atoms with Gasteiger partial charge in [-0.1, -0.05) is 72.0 Å². The van der Waals surface area contributed by atoms with E-state index in [0.29, 0.717) is 56.4 Å². The van der Waals surface area contributed by atoms with E-state index >= 15 is 0 Å². The molecule has 0 aromatic heterocycles. The van der Waals surface area contributed by atoms with Crippen LogP contribution in [0.2, 0.25) is 0 Å². The predicted octanol–water partition coefficient (Wildman–Crippen LogP) is 3.78. The Morgan fingerprint density at radius 2 is 1.24 bits per heavy atom. The van der Waals surface area contributed by atoms with Gasteiger partial charge in [-0.25, -0.2) is 4.79 Å². The number of allylic oxidation sites excluding steroid dienone is 1. The highest BCUT2D eigenvalue weighted by Crippen LogP contribution is 2.67. The van der Waals surface area contributed by atoms with Crippen molar-refractivity contribution in [2.24, 2.45) is 101 Å². The Labute approximate surface area is 429 Å². The van der Waals surface area contributed by atoms with Gasteiger partial charge in [0.2, 0.25) is 23.6 Å². The molecule has 0 spiro atoms. The number of fused-ring (bicyclic) bond motifs is 5. The van der Waals surface area contributed by atoms with E-state index in [9.17, 15) is 24.0 Å². The molecule has 0 aromatic carbocycles. The molecule has 20 heteroatoms.